The van der Waals surface area contributed by atoms with Gasteiger partial charge in [-0.05, 0) is 55.6 Å². The normalized spacial score (nSPS) is 11.5. The Kier molecular flexibility index (Phi) is 6.30. The maximum absolute atomic E-state index is 5.73. The van der Waals surface area contributed by atoms with Crippen molar-refractivity contribution in [3.05, 3.63) is 22.4 Å². The lowest BCUT2D eigenvalue weighted by Gasteiger charge is -2.25. The predicted molar refractivity (Wildman–Crippen MR) is 70.1 cm³/mol. The first-order valence-electron chi connectivity index (χ1n) is 5.55. The van der Waals surface area contributed by atoms with Crippen LogP contribution in [-0.2, 0) is 6.42 Å². The summed E-state index contributed by atoms with van der Waals surface area (Å²) in [7, 11) is 0. The summed E-state index contributed by atoms with van der Waals surface area (Å²) in [4.78, 5) is 2.50. The predicted octanol–water partition coefficient (Wildman–Crippen LogP) is 3.63. The summed E-state index contributed by atoms with van der Waals surface area (Å²) in [5.74, 6) is 0.766. The molecule has 3 heteroatoms. The van der Waals surface area contributed by atoms with Gasteiger partial charge in [-0.25, -0.2) is 0 Å². The zero-order valence-electron chi connectivity index (χ0n) is 9.58. The lowest BCUT2D eigenvalue weighted by Crippen LogP contribution is -2.33. The van der Waals surface area contributed by atoms with E-state index in [-0.39, 0.29) is 0 Å². The fourth-order valence-electron chi connectivity index (χ4n) is 1.60. The van der Waals surface area contributed by atoms with Gasteiger partial charge in [-0.1, -0.05) is 0 Å². The number of alkyl halides is 1. The summed E-state index contributed by atoms with van der Waals surface area (Å²) >= 11 is 7.50. The molecule has 0 unspecified atom stereocenters. The van der Waals surface area contributed by atoms with Gasteiger partial charge in [-0.3, -0.25) is 0 Å². The molecule has 0 spiro atoms. The standard InChI is InChI=1S/C12H20ClNS/c1-11(2)14(7-3-6-13)8-4-12-5-9-15-10-12/h5,9-11H,3-4,6-8H2,1-2H3. The third-order valence-corrected chi connectivity index (χ3v) is 3.58. The van der Waals surface area contributed by atoms with E-state index in [0.29, 0.717) is 6.04 Å². The maximum Gasteiger partial charge on any atom is 0.0235 e. The summed E-state index contributed by atoms with van der Waals surface area (Å²) in [5.41, 5.74) is 1.46. The van der Waals surface area contributed by atoms with Crippen molar-refractivity contribution < 1.29 is 0 Å². The van der Waals surface area contributed by atoms with Crippen LogP contribution in [0.15, 0.2) is 16.8 Å². The Morgan fingerprint density at radius 3 is 2.73 bits per heavy atom. The van der Waals surface area contributed by atoms with E-state index in [0.717, 1.165) is 31.8 Å². The molecule has 0 N–H and O–H groups in total. The first kappa shape index (κ1) is 13.0. The minimum Gasteiger partial charge on any atom is -0.301 e. The number of rotatable bonds is 7. The van der Waals surface area contributed by atoms with Crippen molar-refractivity contribution in [1.82, 2.24) is 4.90 Å². The molecule has 0 aliphatic rings. The van der Waals surface area contributed by atoms with E-state index in [1.54, 1.807) is 11.3 Å². The van der Waals surface area contributed by atoms with Crippen LogP contribution in [0.1, 0.15) is 25.8 Å². The van der Waals surface area contributed by atoms with E-state index in [1.165, 1.54) is 5.56 Å². The van der Waals surface area contributed by atoms with E-state index in [2.05, 4.69) is 35.6 Å². The molecule has 0 saturated heterocycles. The monoisotopic (exact) mass is 245 g/mol. The molecular formula is C12H20ClNS. The average molecular weight is 246 g/mol. The molecule has 0 bridgehead atoms. The molecule has 0 radical (unpaired) electrons. The van der Waals surface area contributed by atoms with Gasteiger partial charge in [0.1, 0.15) is 0 Å². The molecule has 0 atom stereocenters. The van der Waals surface area contributed by atoms with Gasteiger partial charge in [0.2, 0.25) is 0 Å². The van der Waals surface area contributed by atoms with E-state index in [1.807, 2.05) is 0 Å². The third kappa shape index (κ3) is 5.01. The molecule has 1 heterocycles. The highest BCUT2D eigenvalue weighted by Crippen LogP contribution is 2.09. The number of halogens is 1. The van der Waals surface area contributed by atoms with Crippen LogP contribution in [0.3, 0.4) is 0 Å². The van der Waals surface area contributed by atoms with E-state index >= 15 is 0 Å². The number of hydrogen-bond acceptors (Lipinski definition) is 2. The van der Waals surface area contributed by atoms with Gasteiger partial charge < -0.3 is 4.90 Å². The molecule has 0 aliphatic carbocycles. The minimum absolute atomic E-state index is 0.617. The fraction of sp³-hybridized carbons (Fsp3) is 0.667. The quantitative estimate of drug-likeness (QED) is 0.663. The van der Waals surface area contributed by atoms with Gasteiger partial charge in [0, 0.05) is 18.5 Å². The summed E-state index contributed by atoms with van der Waals surface area (Å²) in [6.07, 6.45) is 2.24. The molecule has 0 saturated carbocycles. The molecule has 86 valence electrons. The van der Waals surface area contributed by atoms with Crippen LogP contribution >= 0.6 is 22.9 Å². The topological polar surface area (TPSA) is 3.24 Å². The number of nitrogens with zero attached hydrogens (tertiary/aromatic N) is 1. The molecule has 0 aromatic carbocycles. The first-order valence-corrected chi connectivity index (χ1v) is 7.03. The van der Waals surface area contributed by atoms with Crippen LogP contribution in [0.2, 0.25) is 0 Å². The van der Waals surface area contributed by atoms with Gasteiger partial charge in [0.25, 0.3) is 0 Å². The number of hydrogen-bond donors (Lipinski definition) is 0. The summed E-state index contributed by atoms with van der Waals surface area (Å²) in [6, 6.07) is 2.83. The molecule has 0 fully saturated rings. The Morgan fingerprint density at radius 1 is 1.40 bits per heavy atom. The van der Waals surface area contributed by atoms with Gasteiger partial charge >= 0.3 is 0 Å². The SMILES string of the molecule is CC(C)N(CCCCl)CCc1ccsc1. The highest BCUT2D eigenvalue weighted by molar-refractivity contribution is 7.07. The summed E-state index contributed by atoms with van der Waals surface area (Å²) in [5, 5.41) is 4.38. The zero-order chi connectivity index (χ0) is 11.1. The van der Waals surface area contributed by atoms with Crippen LogP contribution in [-0.4, -0.2) is 29.9 Å². The second kappa shape index (κ2) is 7.26. The van der Waals surface area contributed by atoms with Crippen molar-refractivity contribution in [3.8, 4) is 0 Å². The van der Waals surface area contributed by atoms with Gasteiger partial charge in [0.05, 0.1) is 0 Å². The van der Waals surface area contributed by atoms with E-state index in [4.69, 9.17) is 11.6 Å². The maximum atomic E-state index is 5.73. The molecule has 0 amide bonds. The molecule has 1 aromatic rings. The lowest BCUT2D eigenvalue weighted by atomic mass is 10.2. The molecule has 15 heavy (non-hydrogen) atoms. The van der Waals surface area contributed by atoms with Crippen molar-refractivity contribution in [1.29, 1.82) is 0 Å². The Labute approximate surface area is 102 Å². The average Bonchev–Trinajstić information content (AvgIpc) is 2.70. The van der Waals surface area contributed by atoms with Gasteiger partial charge in [0.15, 0.2) is 0 Å². The highest BCUT2D eigenvalue weighted by atomic mass is 35.5. The van der Waals surface area contributed by atoms with Crippen molar-refractivity contribution >= 4 is 22.9 Å². The van der Waals surface area contributed by atoms with Crippen molar-refractivity contribution in [2.45, 2.75) is 32.7 Å². The number of thiophene rings is 1. The molecule has 0 aliphatic heterocycles. The largest absolute Gasteiger partial charge is 0.301 e. The fourth-order valence-corrected chi connectivity index (χ4v) is 2.42. The van der Waals surface area contributed by atoms with Crippen LogP contribution in [0.25, 0.3) is 0 Å². The summed E-state index contributed by atoms with van der Waals surface area (Å²) in [6.45, 7) is 6.76. The second-order valence-corrected chi connectivity index (χ2v) is 5.21. The van der Waals surface area contributed by atoms with E-state index in [9.17, 15) is 0 Å². The Balaban J connectivity index is 2.31. The Bertz CT molecular complexity index is 246. The van der Waals surface area contributed by atoms with Crippen LogP contribution in [0, 0.1) is 0 Å². The van der Waals surface area contributed by atoms with Crippen LogP contribution in [0.5, 0.6) is 0 Å². The Hall–Kier alpha value is -0.0500. The second-order valence-electron chi connectivity index (χ2n) is 4.05. The minimum atomic E-state index is 0.617. The van der Waals surface area contributed by atoms with Crippen molar-refractivity contribution in [2.24, 2.45) is 0 Å². The van der Waals surface area contributed by atoms with Gasteiger partial charge in [-0.2, -0.15) is 11.3 Å². The van der Waals surface area contributed by atoms with Crippen molar-refractivity contribution in [2.75, 3.05) is 19.0 Å². The molecule has 1 rings (SSSR count). The zero-order valence-corrected chi connectivity index (χ0v) is 11.2. The highest BCUT2D eigenvalue weighted by Gasteiger charge is 2.08. The first-order chi connectivity index (χ1) is 7.24. The molecule has 1 nitrogen and oxygen atoms in total. The Morgan fingerprint density at radius 2 is 2.20 bits per heavy atom. The smallest absolute Gasteiger partial charge is 0.0235 e. The van der Waals surface area contributed by atoms with Crippen molar-refractivity contribution in [3.63, 3.8) is 0 Å². The lowest BCUT2D eigenvalue weighted by molar-refractivity contribution is 0.225. The van der Waals surface area contributed by atoms with Crippen LogP contribution in [0.4, 0.5) is 0 Å². The molecule has 1 aromatic heterocycles. The van der Waals surface area contributed by atoms with E-state index < -0.39 is 0 Å². The molecular weight excluding hydrogens is 226 g/mol. The van der Waals surface area contributed by atoms with Crippen LogP contribution < -0.4 is 0 Å². The van der Waals surface area contributed by atoms with Gasteiger partial charge in [-0.15, -0.1) is 11.6 Å². The third-order valence-electron chi connectivity index (χ3n) is 2.58. The summed E-state index contributed by atoms with van der Waals surface area (Å²) < 4.78 is 0.